The van der Waals surface area contributed by atoms with Gasteiger partial charge < -0.3 is 5.73 Å². The summed E-state index contributed by atoms with van der Waals surface area (Å²) >= 11 is 0. The molecule has 3 heteroatoms. The second kappa shape index (κ2) is 6.37. The van der Waals surface area contributed by atoms with E-state index in [2.05, 4.69) is 53.2 Å². The molecule has 2 heterocycles. The Kier molecular flexibility index (Phi) is 4.32. The van der Waals surface area contributed by atoms with E-state index >= 15 is 0 Å². The Balaban J connectivity index is 1.77. The molecule has 0 amide bonds. The van der Waals surface area contributed by atoms with Crippen LogP contribution in [0.1, 0.15) is 36.4 Å². The molecule has 1 aliphatic rings. The van der Waals surface area contributed by atoms with Crippen LogP contribution in [0.2, 0.25) is 0 Å². The van der Waals surface area contributed by atoms with Crippen LogP contribution in [-0.2, 0) is 0 Å². The average Bonchev–Trinajstić information content (AvgIpc) is 2.98. The third-order valence-corrected chi connectivity index (χ3v) is 4.41. The van der Waals surface area contributed by atoms with E-state index in [-0.39, 0.29) is 12.1 Å². The van der Waals surface area contributed by atoms with Gasteiger partial charge in [-0.05, 0) is 43.0 Å². The highest BCUT2D eigenvalue weighted by atomic mass is 15.2. The van der Waals surface area contributed by atoms with E-state index in [9.17, 15) is 0 Å². The quantitative estimate of drug-likeness (QED) is 0.937. The van der Waals surface area contributed by atoms with Crippen LogP contribution >= 0.6 is 0 Å². The van der Waals surface area contributed by atoms with Crippen molar-refractivity contribution in [2.45, 2.75) is 31.3 Å². The summed E-state index contributed by atoms with van der Waals surface area (Å²) in [5.41, 5.74) is 8.93. The van der Waals surface area contributed by atoms with Crippen molar-refractivity contribution in [2.75, 3.05) is 13.1 Å². The van der Waals surface area contributed by atoms with Crippen LogP contribution in [0.4, 0.5) is 0 Å². The summed E-state index contributed by atoms with van der Waals surface area (Å²) in [6.45, 7) is 4.26. The second-order valence-electron chi connectivity index (χ2n) is 5.98. The first-order valence-corrected chi connectivity index (χ1v) is 7.70. The van der Waals surface area contributed by atoms with Gasteiger partial charge in [0.2, 0.25) is 0 Å². The summed E-state index contributed by atoms with van der Waals surface area (Å²) in [6, 6.07) is 15.3. The largest absolute Gasteiger partial charge is 0.326 e. The first-order valence-electron chi connectivity index (χ1n) is 7.70. The lowest BCUT2D eigenvalue weighted by atomic mass is 9.98. The van der Waals surface area contributed by atoms with Gasteiger partial charge in [0.05, 0.1) is 6.04 Å². The minimum absolute atomic E-state index is 0.101. The fraction of sp³-hybridized carbons (Fsp3) is 0.389. The number of pyridine rings is 1. The van der Waals surface area contributed by atoms with Gasteiger partial charge >= 0.3 is 0 Å². The molecule has 1 aliphatic heterocycles. The van der Waals surface area contributed by atoms with Crippen molar-refractivity contribution in [2.24, 2.45) is 5.73 Å². The fourth-order valence-electron chi connectivity index (χ4n) is 3.44. The van der Waals surface area contributed by atoms with Crippen molar-refractivity contribution >= 4 is 0 Å². The minimum Gasteiger partial charge on any atom is -0.326 e. The van der Waals surface area contributed by atoms with Crippen LogP contribution in [0.5, 0.6) is 0 Å². The summed E-state index contributed by atoms with van der Waals surface area (Å²) in [4.78, 5) is 6.77. The maximum Gasteiger partial charge on any atom is 0.0511 e. The van der Waals surface area contributed by atoms with Crippen molar-refractivity contribution in [3.8, 4) is 0 Å². The third kappa shape index (κ3) is 3.14. The van der Waals surface area contributed by atoms with Crippen LogP contribution in [-0.4, -0.2) is 29.0 Å². The van der Waals surface area contributed by atoms with Crippen molar-refractivity contribution in [3.63, 3.8) is 0 Å². The molecule has 0 aliphatic carbocycles. The topological polar surface area (TPSA) is 42.1 Å². The molecule has 1 aromatic heterocycles. The Morgan fingerprint density at radius 1 is 1.19 bits per heavy atom. The molecule has 3 nitrogen and oxygen atoms in total. The first-order chi connectivity index (χ1) is 10.3. The van der Waals surface area contributed by atoms with Crippen LogP contribution in [0.3, 0.4) is 0 Å². The van der Waals surface area contributed by atoms with Crippen LogP contribution in [0, 0.1) is 0 Å². The predicted molar refractivity (Wildman–Crippen MR) is 86.0 cm³/mol. The smallest absolute Gasteiger partial charge is 0.0511 e. The predicted octanol–water partition coefficient (Wildman–Crippen LogP) is 2.96. The maximum atomic E-state index is 6.26. The van der Waals surface area contributed by atoms with Gasteiger partial charge in [-0.15, -0.1) is 0 Å². The summed E-state index contributed by atoms with van der Waals surface area (Å²) < 4.78 is 0. The molecule has 2 aromatic rings. The molecule has 1 fully saturated rings. The molecule has 21 heavy (non-hydrogen) atoms. The lowest BCUT2D eigenvalue weighted by Crippen LogP contribution is -2.38. The molecule has 0 spiro atoms. The van der Waals surface area contributed by atoms with E-state index in [1.54, 1.807) is 0 Å². The van der Waals surface area contributed by atoms with Gasteiger partial charge in [0.1, 0.15) is 0 Å². The van der Waals surface area contributed by atoms with Gasteiger partial charge in [0, 0.05) is 25.0 Å². The van der Waals surface area contributed by atoms with Crippen LogP contribution in [0.25, 0.3) is 0 Å². The zero-order chi connectivity index (χ0) is 14.7. The number of nitrogens with two attached hydrogens (primary N) is 1. The Morgan fingerprint density at radius 3 is 2.67 bits per heavy atom. The Morgan fingerprint density at radius 2 is 2.00 bits per heavy atom. The van der Waals surface area contributed by atoms with Crippen molar-refractivity contribution in [3.05, 3.63) is 66.0 Å². The number of benzene rings is 1. The molecule has 0 radical (unpaired) electrons. The zero-order valence-corrected chi connectivity index (χ0v) is 12.5. The van der Waals surface area contributed by atoms with Gasteiger partial charge in [-0.25, -0.2) is 0 Å². The van der Waals surface area contributed by atoms with E-state index in [1.165, 1.54) is 17.5 Å². The Hall–Kier alpha value is -1.71. The Bertz CT molecular complexity index is 553. The average molecular weight is 281 g/mol. The van der Waals surface area contributed by atoms with Gasteiger partial charge in [-0.2, -0.15) is 0 Å². The highest BCUT2D eigenvalue weighted by Crippen LogP contribution is 2.33. The number of rotatable bonds is 4. The van der Waals surface area contributed by atoms with E-state index in [4.69, 9.17) is 5.73 Å². The van der Waals surface area contributed by atoms with Gasteiger partial charge in [-0.3, -0.25) is 9.88 Å². The van der Waals surface area contributed by atoms with Gasteiger partial charge in [-0.1, -0.05) is 36.4 Å². The first kappa shape index (κ1) is 14.2. The zero-order valence-electron chi connectivity index (χ0n) is 12.5. The van der Waals surface area contributed by atoms with E-state index in [0.29, 0.717) is 5.92 Å². The van der Waals surface area contributed by atoms with E-state index in [0.717, 1.165) is 13.1 Å². The number of likely N-dealkylation sites (tertiary alicyclic amines) is 1. The SMILES string of the molecule is CC(N)C(c1cccnc1)N1CCC(c2ccccc2)C1. The molecule has 3 rings (SSSR count). The monoisotopic (exact) mass is 281 g/mol. The number of hydrogen-bond donors (Lipinski definition) is 1. The van der Waals surface area contributed by atoms with Crippen molar-refractivity contribution < 1.29 is 0 Å². The van der Waals surface area contributed by atoms with Gasteiger partial charge in [0.25, 0.3) is 0 Å². The summed E-state index contributed by atoms with van der Waals surface area (Å²) in [5.74, 6) is 0.615. The molecular formula is C18H23N3. The van der Waals surface area contributed by atoms with Crippen molar-refractivity contribution in [1.29, 1.82) is 0 Å². The van der Waals surface area contributed by atoms with Gasteiger partial charge in [0.15, 0.2) is 0 Å². The molecule has 3 atom stereocenters. The lowest BCUT2D eigenvalue weighted by molar-refractivity contribution is 0.216. The summed E-state index contributed by atoms with van der Waals surface area (Å²) in [7, 11) is 0. The highest BCUT2D eigenvalue weighted by molar-refractivity contribution is 5.23. The lowest BCUT2D eigenvalue weighted by Gasteiger charge is -2.31. The van der Waals surface area contributed by atoms with E-state index in [1.807, 2.05) is 18.5 Å². The molecule has 3 unspecified atom stereocenters. The summed E-state index contributed by atoms with van der Waals surface area (Å²) in [5, 5.41) is 0. The van der Waals surface area contributed by atoms with Crippen LogP contribution in [0.15, 0.2) is 54.9 Å². The molecular weight excluding hydrogens is 258 g/mol. The highest BCUT2D eigenvalue weighted by Gasteiger charge is 2.31. The van der Waals surface area contributed by atoms with Crippen molar-refractivity contribution in [1.82, 2.24) is 9.88 Å². The number of nitrogens with zero attached hydrogens (tertiary/aromatic N) is 2. The third-order valence-electron chi connectivity index (χ3n) is 4.41. The Labute approximate surface area is 126 Å². The normalized spacial score (nSPS) is 22.1. The molecule has 1 saturated heterocycles. The molecule has 2 N–H and O–H groups in total. The maximum absolute atomic E-state index is 6.26. The summed E-state index contributed by atoms with van der Waals surface area (Å²) in [6.07, 6.45) is 4.97. The number of hydrogen-bond acceptors (Lipinski definition) is 3. The standard InChI is InChI=1S/C18H23N3/c1-14(19)18(16-8-5-10-20-12-16)21-11-9-17(13-21)15-6-3-2-4-7-15/h2-8,10,12,14,17-18H,9,11,13,19H2,1H3. The fourth-order valence-corrected chi connectivity index (χ4v) is 3.44. The minimum atomic E-state index is 0.101. The van der Waals surface area contributed by atoms with E-state index < -0.39 is 0 Å². The molecule has 0 saturated carbocycles. The van der Waals surface area contributed by atoms with Crippen LogP contribution < -0.4 is 5.73 Å². The molecule has 1 aromatic carbocycles. The second-order valence-corrected chi connectivity index (χ2v) is 5.98. The molecule has 0 bridgehead atoms. The number of aromatic nitrogens is 1. The molecule has 110 valence electrons.